The lowest BCUT2D eigenvalue weighted by Gasteiger charge is -2.08. The fourth-order valence-electron chi connectivity index (χ4n) is 2.30. The fourth-order valence-corrected chi connectivity index (χ4v) is 2.30. The second kappa shape index (κ2) is 4.70. The molecule has 0 radical (unpaired) electrons. The van der Waals surface area contributed by atoms with Crippen molar-refractivity contribution in [2.75, 3.05) is 0 Å². The number of fused-ring (bicyclic) bond motifs is 1. The van der Waals surface area contributed by atoms with Crippen LogP contribution in [0.15, 0.2) is 39.5 Å². The summed E-state index contributed by atoms with van der Waals surface area (Å²) in [6, 6.07) is 6.24. The summed E-state index contributed by atoms with van der Waals surface area (Å²) >= 11 is 0. The molecule has 3 rings (SSSR count). The van der Waals surface area contributed by atoms with E-state index in [1.807, 2.05) is 0 Å². The first-order valence-electron chi connectivity index (χ1n) is 6.39. The Labute approximate surface area is 124 Å². The van der Waals surface area contributed by atoms with Gasteiger partial charge in [-0.1, -0.05) is 0 Å². The molecule has 0 aliphatic rings. The van der Waals surface area contributed by atoms with Crippen LogP contribution in [-0.2, 0) is 0 Å². The van der Waals surface area contributed by atoms with Crippen LogP contribution in [0.25, 0.3) is 22.3 Å². The largest absolute Gasteiger partial charge is 0.508 e. The first-order chi connectivity index (χ1) is 10.4. The number of phenolic OH excluding ortho intramolecular Hbond substituents is 4. The minimum absolute atomic E-state index is 0.0187. The molecular formula is C16H12O6. The predicted octanol–water partition coefficient (Wildman–Crippen LogP) is 2.59. The second-order valence-electron chi connectivity index (χ2n) is 4.97. The Hall–Kier alpha value is -3.15. The van der Waals surface area contributed by atoms with Crippen LogP contribution in [0, 0.1) is 6.92 Å². The van der Waals surface area contributed by atoms with Crippen LogP contribution in [-0.4, -0.2) is 20.4 Å². The van der Waals surface area contributed by atoms with Gasteiger partial charge in [0.2, 0.25) is 0 Å². The van der Waals surface area contributed by atoms with E-state index in [0.29, 0.717) is 11.1 Å². The minimum Gasteiger partial charge on any atom is -0.508 e. The van der Waals surface area contributed by atoms with Gasteiger partial charge in [-0.3, -0.25) is 4.79 Å². The van der Waals surface area contributed by atoms with E-state index >= 15 is 0 Å². The number of benzene rings is 2. The fraction of sp³-hybridized carbons (Fsp3) is 0.0625. The summed E-state index contributed by atoms with van der Waals surface area (Å²) in [7, 11) is 0. The maximum Gasteiger partial charge on any atom is 0.197 e. The Morgan fingerprint density at radius 3 is 2.32 bits per heavy atom. The van der Waals surface area contributed by atoms with Crippen molar-refractivity contribution in [1.29, 1.82) is 0 Å². The number of aryl methyl sites for hydroxylation is 1. The average Bonchev–Trinajstić information content (AvgIpc) is 2.42. The highest BCUT2D eigenvalue weighted by atomic mass is 16.3. The SMILES string of the molecule is Cc1cc(-c2cc(=O)c3c(O)cc(O)cc3o2)cc(O)c1O. The Morgan fingerprint density at radius 1 is 0.909 bits per heavy atom. The second-order valence-corrected chi connectivity index (χ2v) is 4.97. The highest BCUT2D eigenvalue weighted by Crippen LogP contribution is 2.35. The molecule has 0 amide bonds. The molecule has 0 aliphatic heterocycles. The van der Waals surface area contributed by atoms with Crippen molar-refractivity contribution >= 4 is 11.0 Å². The van der Waals surface area contributed by atoms with Crippen LogP contribution in [0.5, 0.6) is 23.0 Å². The van der Waals surface area contributed by atoms with Crippen LogP contribution in [0.2, 0.25) is 0 Å². The molecule has 3 aromatic rings. The molecular weight excluding hydrogens is 288 g/mol. The average molecular weight is 300 g/mol. The van der Waals surface area contributed by atoms with Gasteiger partial charge in [0.05, 0.1) is 0 Å². The molecule has 0 unspecified atom stereocenters. The van der Waals surface area contributed by atoms with E-state index in [4.69, 9.17) is 4.42 Å². The summed E-state index contributed by atoms with van der Waals surface area (Å²) < 4.78 is 5.53. The Morgan fingerprint density at radius 2 is 1.64 bits per heavy atom. The van der Waals surface area contributed by atoms with Crippen LogP contribution in [0.3, 0.4) is 0 Å². The van der Waals surface area contributed by atoms with Gasteiger partial charge in [0, 0.05) is 23.8 Å². The Kier molecular flexibility index (Phi) is 2.95. The van der Waals surface area contributed by atoms with Gasteiger partial charge in [-0.15, -0.1) is 0 Å². The third-order valence-electron chi connectivity index (χ3n) is 3.36. The molecule has 0 fully saturated rings. The summed E-state index contributed by atoms with van der Waals surface area (Å²) in [5.41, 5.74) is 0.329. The molecule has 1 aromatic heterocycles. The highest BCUT2D eigenvalue weighted by Gasteiger charge is 2.14. The van der Waals surface area contributed by atoms with Gasteiger partial charge >= 0.3 is 0 Å². The molecule has 0 saturated heterocycles. The zero-order valence-corrected chi connectivity index (χ0v) is 11.5. The Balaban J connectivity index is 2.31. The van der Waals surface area contributed by atoms with Crippen molar-refractivity contribution < 1.29 is 24.8 Å². The summed E-state index contributed by atoms with van der Waals surface area (Å²) in [6.07, 6.45) is 0. The summed E-state index contributed by atoms with van der Waals surface area (Å²) in [6.45, 7) is 1.59. The lowest BCUT2D eigenvalue weighted by Crippen LogP contribution is -2.00. The third-order valence-corrected chi connectivity index (χ3v) is 3.36. The van der Waals surface area contributed by atoms with Crippen molar-refractivity contribution in [3.63, 3.8) is 0 Å². The Bertz CT molecular complexity index is 932. The maximum atomic E-state index is 12.1. The van der Waals surface area contributed by atoms with Gasteiger partial charge in [-0.05, 0) is 24.6 Å². The molecule has 0 atom stereocenters. The van der Waals surface area contributed by atoms with E-state index in [0.717, 1.165) is 6.07 Å². The van der Waals surface area contributed by atoms with Gasteiger partial charge in [0.1, 0.15) is 28.2 Å². The lowest BCUT2D eigenvalue weighted by atomic mass is 10.1. The standard InChI is InChI=1S/C16H12O6/c1-7-2-8(3-12(20)16(7)21)13-6-11(19)15-10(18)4-9(17)5-14(15)22-13/h2-6,17-18,20-21H,1H3. The molecule has 6 heteroatoms. The molecule has 2 aromatic carbocycles. The van der Waals surface area contributed by atoms with E-state index < -0.39 is 5.43 Å². The van der Waals surface area contributed by atoms with Gasteiger partial charge in [-0.2, -0.15) is 0 Å². The number of aromatic hydroxyl groups is 4. The zero-order chi connectivity index (χ0) is 16.0. The molecule has 0 saturated carbocycles. The van der Waals surface area contributed by atoms with Crippen molar-refractivity contribution in [1.82, 2.24) is 0 Å². The van der Waals surface area contributed by atoms with Crippen molar-refractivity contribution in [3.8, 4) is 34.3 Å². The molecule has 6 nitrogen and oxygen atoms in total. The third kappa shape index (κ3) is 2.10. The quantitative estimate of drug-likeness (QED) is 0.514. The van der Waals surface area contributed by atoms with Crippen LogP contribution >= 0.6 is 0 Å². The highest BCUT2D eigenvalue weighted by molar-refractivity contribution is 5.86. The van der Waals surface area contributed by atoms with Gasteiger partial charge in [-0.25, -0.2) is 0 Å². The van der Waals surface area contributed by atoms with E-state index in [1.54, 1.807) is 13.0 Å². The smallest absolute Gasteiger partial charge is 0.197 e. The summed E-state index contributed by atoms with van der Waals surface area (Å²) in [5.74, 6) is -1.06. The van der Waals surface area contributed by atoms with Crippen molar-refractivity contribution in [2.45, 2.75) is 6.92 Å². The van der Waals surface area contributed by atoms with E-state index in [9.17, 15) is 25.2 Å². The number of hydrogen-bond donors (Lipinski definition) is 4. The van der Waals surface area contributed by atoms with Crippen LogP contribution in [0.1, 0.15) is 5.56 Å². The molecule has 4 N–H and O–H groups in total. The van der Waals surface area contributed by atoms with E-state index in [2.05, 4.69) is 0 Å². The first kappa shape index (κ1) is 13.8. The lowest BCUT2D eigenvalue weighted by molar-refractivity contribution is 0.401. The zero-order valence-electron chi connectivity index (χ0n) is 11.5. The van der Waals surface area contributed by atoms with E-state index in [1.165, 1.54) is 18.2 Å². The molecule has 0 spiro atoms. The molecule has 0 aliphatic carbocycles. The number of phenols is 4. The van der Waals surface area contributed by atoms with Crippen molar-refractivity contribution in [2.24, 2.45) is 0 Å². The summed E-state index contributed by atoms with van der Waals surface area (Å²) in [5, 5.41) is 38.4. The maximum absolute atomic E-state index is 12.1. The topological polar surface area (TPSA) is 111 Å². The van der Waals surface area contributed by atoms with Gasteiger partial charge in [0.25, 0.3) is 0 Å². The van der Waals surface area contributed by atoms with E-state index in [-0.39, 0.29) is 39.7 Å². The van der Waals surface area contributed by atoms with Crippen molar-refractivity contribution in [3.05, 3.63) is 46.1 Å². The van der Waals surface area contributed by atoms with Gasteiger partial charge < -0.3 is 24.8 Å². The molecule has 1 heterocycles. The molecule has 112 valence electrons. The first-order valence-corrected chi connectivity index (χ1v) is 6.39. The van der Waals surface area contributed by atoms with Crippen LogP contribution < -0.4 is 5.43 Å². The molecule has 0 bridgehead atoms. The summed E-state index contributed by atoms with van der Waals surface area (Å²) in [4.78, 5) is 12.1. The number of hydrogen-bond acceptors (Lipinski definition) is 6. The normalized spacial score (nSPS) is 11.0. The minimum atomic E-state index is -0.487. The van der Waals surface area contributed by atoms with Gasteiger partial charge in [0.15, 0.2) is 16.9 Å². The number of rotatable bonds is 1. The predicted molar refractivity (Wildman–Crippen MR) is 79.3 cm³/mol. The van der Waals surface area contributed by atoms with Crippen LogP contribution in [0.4, 0.5) is 0 Å². The molecule has 22 heavy (non-hydrogen) atoms. The monoisotopic (exact) mass is 300 g/mol.